The molecule has 39 heavy (non-hydrogen) atoms. The molecule has 2 atom stereocenters. The molecule has 0 saturated heterocycles. The minimum atomic E-state index is -0.339. The van der Waals surface area contributed by atoms with E-state index in [0.29, 0.717) is 60.3 Å². The first-order chi connectivity index (χ1) is 19.0. The van der Waals surface area contributed by atoms with Crippen molar-refractivity contribution in [2.75, 3.05) is 20.8 Å². The van der Waals surface area contributed by atoms with Crippen LogP contribution in [0.15, 0.2) is 78.0 Å². The van der Waals surface area contributed by atoms with Crippen LogP contribution in [0.2, 0.25) is 0 Å². The second-order valence-electron chi connectivity index (χ2n) is 9.75. The van der Waals surface area contributed by atoms with Gasteiger partial charge < -0.3 is 24.3 Å². The minimum absolute atomic E-state index is 0.0440. The van der Waals surface area contributed by atoms with Crippen LogP contribution in [0.25, 0.3) is 0 Å². The molecule has 1 amide bonds. The van der Waals surface area contributed by atoms with Crippen LogP contribution in [-0.2, 0) is 16.2 Å². The fourth-order valence-electron chi connectivity index (χ4n) is 5.45. The van der Waals surface area contributed by atoms with Crippen molar-refractivity contribution in [1.29, 1.82) is 0 Å². The van der Waals surface area contributed by atoms with Crippen molar-refractivity contribution in [2.24, 2.45) is 0 Å². The highest BCUT2D eigenvalue weighted by atomic mass is 16.5. The van der Waals surface area contributed by atoms with Crippen LogP contribution in [0.4, 0.5) is 0 Å². The number of nitrogens with one attached hydrogen (secondary N) is 1. The molecule has 1 aliphatic carbocycles. The molecule has 0 spiro atoms. The molecule has 5 rings (SSSR count). The Morgan fingerprint density at radius 1 is 0.769 bits per heavy atom. The maximum atomic E-state index is 13.6. The lowest BCUT2D eigenvalue weighted by atomic mass is 9.73. The van der Waals surface area contributed by atoms with Crippen LogP contribution in [0.5, 0.6) is 23.0 Å². The van der Waals surface area contributed by atoms with E-state index in [9.17, 15) is 9.59 Å². The lowest BCUT2D eigenvalue weighted by Gasteiger charge is -2.34. The smallest absolute Gasteiger partial charge is 0.225 e. The number of hydrogen-bond acceptors (Lipinski definition) is 6. The van der Waals surface area contributed by atoms with E-state index in [1.165, 1.54) is 0 Å². The molecule has 7 nitrogen and oxygen atoms in total. The van der Waals surface area contributed by atoms with Crippen molar-refractivity contribution < 1.29 is 28.5 Å². The van der Waals surface area contributed by atoms with Crippen LogP contribution in [0, 0.1) is 0 Å². The number of methoxy groups -OCH3 is 2. The molecule has 1 N–H and O–H groups in total. The van der Waals surface area contributed by atoms with Gasteiger partial charge in [-0.3, -0.25) is 9.59 Å². The van der Waals surface area contributed by atoms with Crippen molar-refractivity contribution in [1.82, 2.24) is 5.32 Å². The van der Waals surface area contributed by atoms with Crippen LogP contribution < -0.4 is 24.3 Å². The molecular formula is C32H33NO6. The van der Waals surface area contributed by atoms with E-state index in [0.717, 1.165) is 16.7 Å². The van der Waals surface area contributed by atoms with Gasteiger partial charge in [-0.05, 0) is 60.2 Å². The first kappa shape index (κ1) is 26.4. The normalized spacial score (nSPS) is 18.7. The van der Waals surface area contributed by atoms with Crippen LogP contribution >= 0.6 is 0 Å². The third kappa shape index (κ3) is 5.62. The standard InChI is InChI=1S/C32H33NO6/c1-4-38-27-12-10-21(16-29(27)36-2)23-14-25-32(26(34)15-23)24(18-31(35)33-25)22-11-13-28(30(17-22)37-3)39-19-20-8-6-5-7-9-20/h5-13,16-17,23-24H,4,14-15,18-19H2,1-3H3,(H,33,35). The summed E-state index contributed by atoms with van der Waals surface area (Å²) in [4.78, 5) is 26.4. The molecule has 7 heteroatoms. The Hall–Kier alpha value is -4.26. The first-order valence-electron chi connectivity index (χ1n) is 13.2. The quantitative estimate of drug-likeness (QED) is 0.385. The number of carbonyl (C=O) groups is 2. The van der Waals surface area contributed by atoms with Gasteiger partial charge in [-0.2, -0.15) is 0 Å². The predicted molar refractivity (Wildman–Crippen MR) is 147 cm³/mol. The Morgan fingerprint density at radius 3 is 2.13 bits per heavy atom. The molecular weight excluding hydrogens is 494 g/mol. The summed E-state index contributed by atoms with van der Waals surface area (Å²) >= 11 is 0. The molecule has 0 saturated carbocycles. The zero-order valence-electron chi connectivity index (χ0n) is 22.5. The van der Waals surface area contributed by atoms with Crippen molar-refractivity contribution >= 4 is 11.7 Å². The predicted octanol–water partition coefficient (Wildman–Crippen LogP) is 5.69. The molecule has 0 aromatic heterocycles. The van der Waals surface area contributed by atoms with E-state index in [1.807, 2.05) is 73.7 Å². The van der Waals surface area contributed by atoms with E-state index in [4.69, 9.17) is 18.9 Å². The number of Topliss-reactive ketones (excluding diaryl/α,β-unsaturated/α-hetero) is 1. The highest BCUT2D eigenvalue weighted by Gasteiger charge is 2.38. The van der Waals surface area contributed by atoms with Crippen LogP contribution in [-0.4, -0.2) is 32.5 Å². The summed E-state index contributed by atoms with van der Waals surface area (Å²) in [6.07, 6.45) is 1.13. The van der Waals surface area contributed by atoms with Gasteiger partial charge in [0.25, 0.3) is 0 Å². The van der Waals surface area contributed by atoms with E-state index < -0.39 is 0 Å². The van der Waals surface area contributed by atoms with Crippen LogP contribution in [0.3, 0.4) is 0 Å². The number of ketones is 1. The van der Waals surface area contributed by atoms with E-state index in [-0.39, 0.29) is 29.9 Å². The highest BCUT2D eigenvalue weighted by Crippen LogP contribution is 2.45. The average molecular weight is 528 g/mol. The van der Waals surface area contributed by atoms with Gasteiger partial charge in [0, 0.05) is 30.0 Å². The van der Waals surface area contributed by atoms with Crippen molar-refractivity contribution in [3.8, 4) is 23.0 Å². The molecule has 2 aliphatic rings. The highest BCUT2D eigenvalue weighted by molar-refractivity contribution is 6.02. The summed E-state index contributed by atoms with van der Waals surface area (Å²) in [5.74, 6) is 2.02. The lowest BCUT2D eigenvalue weighted by Crippen LogP contribution is -2.38. The van der Waals surface area contributed by atoms with Gasteiger partial charge in [-0.15, -0.1) is 0 Å². The number of amides is 1. The summed E-state index contributed by atoms with van der Waals surface area (Å²) in [6.45, 7) is 2.87. The van der Waals surface area contributed by atoms with Gasteiger partial charge in [0.1, 0.15) is 6.61 Å². The molecule has 0 radical (unpaired) electrons. The summed E-state index contributed by atoms with van der Waals surface area (Å²) < 4.78 is 22.8. The topological polar surface area (TPSA) is 83.1 Å². The SMILES string of the molecule is CCOc1ccc(C2CC(=O)C3=C(C2)NC(=O)CC3c2ccc(OCc3ccccc3)c(OC)c2)cc1OC. The van der Waals surface area contributed by atoms with Crippen LogP contribution in [0.1, 0.15) is 54.7 Å². The molecule has 0 bridgehead atoms. The number of rotatable bonds is 9. The molecule has 2 unspecified atom stereocenters. The molecule has 3 aromatic carbocycles. The zero-order chi connectivity index (χ0) is 27.4. The maximum Gasteiger partial charge on any atom is 0.225 e. The minimum Gasteiger partial charge on any atom is -0.493 e. The Labute approximate surface area is 228 Å². The Bertz CT molecular complexity index is 1400. The van der Waals surface area contributed by atoms with Crippen molar-refractivity contribution in [3.05, 3.63) is 94.7 Å². The number of benzene rings is 3. The summed E-state index contributed by atoms with van der Waals surface area (Å²) in [5, 5.41) is 2.99. The van der Waals surface area contributed by atoms with E-state index in [2.05, 4.69) is 5.32 Å². The number of carbonyl (C=O) groups excluding carboxylic acids is 2. The third-order valence-electron chi connectivity index (χ3n) is 7.32. The van der Waals surface area contributed by atoms with E-state index in [1.54, 1.807) is 14.2 Å². The molecule has 0 fully saturated rings. The molecule has 3 aromatic rings. The molecule has 202 valence electrons. The Morgan fingerprint density at radius 2 is 1.44 bits per heavy atom. The number of allylic oxidation sites excluding steroid dienone is 2. The van der Waals surface area contributed by atoms with E-state index >= 15 is 0 Å². The first-order valence-corrected chi connectivity index (χ1v) is 13.2. The van der Waals surface area contributed by atoms with Gasteiger partial charge in [0.05, 0.1) is 20.8 Å². The molecule has 1 aliphatic heterocycles. The number of ether oxygens (including phenoxy) is 4. The van der Waals surface area contributed by atoms with Gasteiger partial charge in [0.15, 0.2) is 28.8 Å². The van der Waals surface area contributed by atoms with Gasteiger partial charge >= 0.3 is 0 Å². The van der Waals surface area contributed by atoms with Crippen molar-refractivity contribution in [2.45, 2.75) is 44.6 Å². The monoisotopic (exact) mass is 527 g/mol. The van der Waals surface area contributed by atoms with Gasteiger partial charge in [-0.1, -0.05) is 42.5 Å². The largest absolute Gasteiger partial charge is 0.493 e. The maximum absolute atomic E-state index is 13.6. The average Bonchev–Trinajstić information content (AvgIpc) is 2.96. The summed E-state index contributed by atoms with van der Waals surface area (Å²) in [7, 11) is 3.20. The Kier molecular flexibility index (Phi) is 7.87. The van der Waals surface area contributed by atoms with Gasteiger partial charge in [-0.25, -0.2) is 0 Å². The second-order valence-corrected chi connectivity index (χ2v) is 9.75. The Balaban J connectivity index is 1.40. The van der Waals surface area contributed by atoms with Gasteiger partial charge in [0.2, 0.25) is 5.91 Å². The summed E-state index contributed by atoms with van der Waals surface area (Å²) in [6, 6.07) is 21.3. The third-order valence-corrected chi connectivity index (χ3v) is 7.32. The second kappa shape index (κ2) is 11.6. The fraction of sp³-hybridized carbons (Fsp3) is 0.312. The zero-order valence-corrected chi connectivity index (χ0v) is 22.5. The lowest BCUT2D eigenvalue weighted by molar-refractivity contribution is -0.122. The fourth-order valence-corrected chi connectivity index (χ4v) is 5.45. The molecule has 1 heterocycles. The van der Waals surface area contributed by atoms with Crippen molar-refractivity contribution in [3.63, 3.8) is 0 Å². The number of hydrogen-bond donors (Lipinski definition) is 1. The summed E-state index contributed by atoms with van der Waals surface area (Å²) in [5.41, 5.74) is 4.27.